The first-order valence-electron chi connectivity index (χ1n) is 7.27. The summed E-state index contributed by atoms with van der Waals surface area (Å²) < 4.78 is 13.1. The third-order valence-corrected chi connectivity index (χ3v) is 4.20. The maximum Gasteiger partial charge on any atom is 0.0976 e. The summed E-state index contributed by atoms with van der Waals surface area (Å²) in [5.41, 5.74) is 7.26. The highest BCUT2D eigenvalue weighted by Crippen LogP contribution is 2.29. The van der Waals surface area contributed by atoms with E-state index in [0.29, 0.717) is 0 Å². The summed E-state index contributed by atoms with van der Waals surface area (Å²) in [6.45, 7) is 6.21. The van der Waals surface area contributed by atoms with Crippen LogP contribution in [0.5, 0.6) is 0 Å². The van der Waals surface area contributed by atoms with Crippen molar-refractivity contribution in [3.63, 3.8) is 0 Å². The molecule has 4 unspecified atom stereocenters. The quantitative estimate of drug-likeness (QED) is 0.905. The second-order valence-electron chi connectivity index (χ2n) is 5.82. The number of hydrogen-bond donors (Lipinski definition) is 1. The fraction of sp³-hybridized carbons (Fsp3) is 0.625. The molecule has 0 bridgehead atoms. The fourth-order valence-electron chi connectivity index (χ4n) is 2.82. The van der Waals surface area contributed by atoms with Gasteiger partial charge in [0.1, 0.15) is 0 Å². The molecule has 0 aliphatic carbocycles. The van der Waals surface area contributed by atoms with E-state index in [9.17, 15) is 0 Å². The number of ether oxygens (including phenoxy) is 2. The van der Waals surface area contributed by atoms with Crippen LogP contribution < -0.4 is 5.73 Å². The molecule has 4 atom stereocenters. The Morgan fingerprint density at radius 1 is 1.20 bits per heavy atom. The molecule has 1 aromatic rings. The van der Waals surface area contributed by atoms with Crippen LogP contribution in [-0.2, 0) is 9.47 Å². The van der Waals surface area contributed by atoms with Gasteiger partial charge in [-0.15, -0.1) is 0 Å². The van der Waals surface area contributed by atoms with Gasteiger partial charge in [-0.2, -0.15) is 0 Å². The van der Waals surface area contributed by atoms with Gasteiger partial charge in [0.05, 0.1) is 24.4 Å². The lowest BCUT2D eigenvalue weighted by Gasteiger charge is -2.35. The molecular weight excluding hydrogens is 318 g/mol. The van der Waals surface area contributed by atoms with Gasteiger partial charge in [-0.3, -0.25) is 0 Å². The third kappa shape index (κ3) is 4.29. The second kappa shape index (κ2) is 7.03. The molecule has 1 aliphatic rings. The minimum atomic E-state index is -0.0643. The number of nitrogens with two attached hydrogens (primary N) is 1. The Morgan fingerprint density at radius 2 is 1.75 bits per heavy atom. The topological polar surface area (TPSA) is 44.5 Å². The van der Waals surface area contributed by atoms with Crippen molar-refractivity contribution in [3.8, 4) is 0 Å². The van der Waals surface area contributed by atoms with E-state index < -0.39 is 0 Å². The molecule has 0 spiro atoms. The van der Waals surface area contributed by atoms with Gasteiger partial charge in [0.15, 0.2) is 0 Å². The Balaban J connectivity index is 2.07. The zero-order valence-corrected chi connectivity index (χ0v) is 14.0. The highest BCUT2D eigenvalue weighted by atomic mass is 79.9. The number of halogens is 1. The van der Waals surface area contributed by atoms with Gasteiger partial charge in [-0.05, 0) is 51.3 Å². The average molecular weight is 342 g/mol. The summed E-state index contributed by atoms with van der Waals surface area (Å²) in [5, 5.41) is 0. The van der Waals surface area contributed by atoms with E-state index in [4.69, 9.17) is 15.2 Å². The van der Waals surface area contributed by atoms with Crippen LogP contribution in [0, 0.1) is 0 Å². The zero-order valence-electron chi connectivity index (χ0n) is 12.4. The van der Waals surface area contributed by atoms with E-state index >= 15 is 0 Å². The van der Waals surface area contributed by atoms with Crippen LogP contribution in [0.2, 0.25) is 0 Å². The maximum atomic E-state index is 6.30. The van der Waals surface area contributed by atoms with Gasteiger partial charge >= 0.3 is 0 Å². The van der Waals surface area contributed by atoms with Gasteiger partial charge < -0.3 is 15.2 Å². The van der Waals surface area contributed by atoms with Crippen LogP contribution in [0.1, 0.15) is 45.3 Å². The molecule has 2 rings (SSSR count). The summed E-state index contributed by atoms with van der Waals surface area (Å²) in [4.78, 5) is 0. The first-order chi connectivity index (χ1) is 9.45. The van der Waals surface area contributed by atoms with E-state index in [-0.39, 0.29) is 30.5 Å². The molecule has 3 nitrogen and oxygen atoms in total. The van der Waals surface area contributed by atoms with E-state index in [1.54, 1.807) is 0 Å². The Hall–Kier alpha value is -0.420. The van der Waals surface area contributed by atoms with Gasteiger partial charge in [-0.25, -0.2) is 0 Å². The van der Waals surface area contributed by atoms with Crippen molar-refractivity contribution in [2.45, 2.75) is 64.1 Å². The normalized spacial score (nSPS) is 29.9. The molecule has 1 aromatic carbocycles. The molecule has 4 heteroatoms. The van der Waals surface area contributed by atoms with Gasteiger partial charge in [0.2, 0.25) is 0 Å². The Labute approximate surface area is 130 Å². The van der Waals surface area contributed by atoms with Crippen molar-refractivity contribution < 1.29 is 9.47 Å². The molecular formula is C16H24BrNO2. The van der Waals surface area contributed by atoms with Crippen molar-refractivity contribution in [1.29, 1.82) is 0 Å². The van der Waals surface area contributed by atoms with Crippen molar-refractivity contribution >= 4 is 15.9 Å². The van der Waals surface area contributed by atoms with Crippen LogP contribution in [0.3, 0.4) is 0 Å². The Kier molecular flexibility index (Phi) is 5.61. The molecule has 2 N–H and O–H groups in total. The standard InChI is InChI=1S/C16H24BrNO2/c1-10-8-15(9-11(2)19-10)20-16(12(3)18)13-4-6-14(17)7-5-13/h4-7,10-12,15-16H,8-9,18H2,1-3H3. The number of benzene rings is 1. The Morgan fingerprint density at radius 3 is 2.25 bits per heavy atom. The predicted molar refractivity (Wildman–Crippen MR) is 84.6 cm³/mol. The van der Waals surface area contributed by atoms with Gasteiger partial charge in [0.25, 0.3) is 0 Å². The van der Waals surface area contributed by atoms with Crippen molar-refractivity contribution in [1.82, 2.24) is 0 Å². The van der Waals surface area contributed by atoms with Crippen molar-refractivity contribution in [2.75, 3.05) is 0 Å². The average Bonchev–Trinajstić information content (AvgIpc) is 2.36. The molecule has 112 valence electrons. The lowest BCUT2D eigenvalue weighted by atomic mass is 10.00. The molecule has 1 aliphatic heterocycles. The number of rotatable bonds is 4. The molecule has 1 fully saturated rings. The fourth-order valence-corrected chi connectivity index (χ4v) is 3.09. The van der Waals surface area contributed by atoms with E-state index in [0.717, 1.165) is 22.9 Å². The van der Waals surface area contributed by atoms with E-state index in [1.165, 1.54) is 0 Å². The highest BCUT2D eigenvalue weighted by molar-refractivity contribution is 9.10. The molecule has 1 heterocycles. The van der Waals surface area contributed by atoms with Crippen LogP contribution in [0.4, 0.5) is 0 Å². The van der Waals surface area contributed by atoms with Crippen molar-refractivity contribution in [2.24, 2.45) is 5.73 Å². The summed E-state index contributed by atoms with van der Waals surface area (Å²) in [6, 6.07) is 8.17. The summed E-state index contributed by atoms with van der Waals surface area (Å²) >= 11 is 3.46. The molecule has 1 saturated heterocycles. The van der Waals surface area contributed by atoms with Crippen molar-refractivity contribution in [3.05, 3.63) is 34.3 Å². The smallest absolute Gasteiger partial charge is 0.0976 e. The summed E-state index contributed by atoms with van der Waals surface area (Å²) in [5.74, 6) is 0. The maximum absolute atomic E-state index is 6.30. The molecule has 20 heavy (non-hydrogen) atoms. The Bertz CT molecular complexity index is 411. The second-order valence-corrected chi connectivity index (χ2v) is 6.73. The number of hydrogen-bond acceptors (Lipinski definition) is 3. The monoisotopic (exact) mass is 341 g/mol. The van der Waals surface area contributed by atoms with Crippen LogP contribution in [0.25, 0.3) is 0 Å². The van der Waals surface area contributed by atoms with Crippen LogP contribution in [-0.4, -0.2) is 24.4 Å². The lowest BCUT2D eigenvalue weighted by Crippen LogP contribution is -2.37. The largest absolute Gasteiger partial charge is 0.375 e. The van der Waals surface area contributed by atoms with E-state index in [1.807, 2.05) is 19.1 Å². The van der Waals surface area contributed by atoms with Gasteiger partial charge in [-0.1, -0.05) is 28.1 Å². The first-order valence-corrected chi connectivity index (χ1v) is 8.07. The first kappa shape index (κ1) is 16.0. The molecule has 0 aromatic heterocycles. The van der Waals surface area contributed by atoms with E-state index in [2.05, 4.69) is 41.9 Å². The SMILES string of the molecule is CC1CC(OC(c2ccc(Br)cc2)C(C)N)CC(C)O1. The highest BCUT2D eigenvalue weighted by Gasteiger charge is 2.29. The molecule has 0 saturated carbocycles. The third-order valence-electron chi connectivity index (χ3n) is 3.67. The lowest BCUT2D eigenvalue weighted by molar-refractivity contribution is -0.126. The summed E-state index contributed by atoms with van der Waals surface area (Å²) in [7, 11) is 0. The minimum absolute atomic E-state index is 0.0374. The molecule has 0 amide bonds. The predicted octanol–water partition coefficient (Wildman–Crippen LogP) is 3.81. The summed E-state index contributed by atoms with van der Waals surface area (Å²) in [6.07, 6.45) is 2.53. The van der Waals surface area contributed by atoms with Crippen LogP contribution >= 0.6 is 15.9 Å². The zero-order chi connectivity index (χ0) is 14.7. The molecule has 0 radical (unpaired) electrons. The minimum Gasteiger partial charge on any atom is -0.375 e. The van der Waals surface area contributed by atoms with Crippen LogP contribution in [0.15, 0.2) is 28.7 Å². The van der Waals surface area contributed by atoms with Gasteiger partial charge in [0, 0.05) is 10.5 Å².